The zero-order chi connectivity index (χ0) is 25.2. The van der Waals surface area contributed by atoms with Crippen LogP contribution in [-0.4, -0.2) is 37.6 Å². The van der Waals surface area contributed by atoms with Gasteiger partial charge in [-0.3, -0.25) is 9.78 Å². The number of halogens is 2. The van der Waals surface area contributed by atoms with Crippen molar-refractivity contribution < 1.29 is 14.6 Å². The molecule has 36 heavy (non-hydrogen) atoms. The van der Waals surface area contributed by atoms with Gasteiger partial charge in [0.1, 0.15) is 11.8 Å². The highest BCUT2D eigenvalue weighted by Crippen LogP contribution is 2.51. The lowest BCUT2D eigenvalue weighted by atomic mass is 9.62. The van der Waals surface area contributed by atoms with Crippen LogP contribution in [0.25, 0.3) is 16.6 Å². The summed E-state index contributed by atoms with van der Waals surface area (Å²) in [7, 11) is 0. The first kappa shape index (κ1) is 22.8. The van der Waals surface area contributed by atoms with Crippen molar-refractivity contribution in [3.63, 3.8) is 0 Å². The molecule has 0 saturated heterocycles. The van der Waals surface area contributed by atoms with E-state index < -0.39 is 16.9 Å². The predicted octanol–water partition coefficient (Wildman–Crippen LogP) is 3.30. The van der Waals surface area contributed by atoms with Crippen molar-refractivity contribution in [2.24, 2.45) is 0 Å². The summed E-state index contributed by atoms with van der Waals surface area (Å²) in [5.74, 6) is 0.661. The highest BCUT2D eigenvalue weighted by molar-refractivity contribution is 6.37. The van der Waals surface area contributed by atoms with Crippen LogP contribution in [0, 0.1) is 11.3 Å². The third-order valence-electron chi connectivity index (χ3n) is 6.64. The number of fused-ring (bicyclic) bond motifs is 4. The van der Waals surface area contributed by atoms with Gasteiger partial charge in [0.05, 0.1) is 35.1 Å². The number of nitrogens with one attached hydrogen (secondary N) is 2. The smallest absolute Gasteiger partial charge is 0.349 e. The third-order valence-corrected chi connectivity index (χ3v) is 7.20. The number of nitriles is 1. The van der Waals surface area contributed by atoms with Gasteiger partial charge in [0.15, 0.2) is 5.75 Å². The van der Waals surface area contributed by atoms with Gasteiger partial charge in [-0.1, -0.05) is 23.2 Å². The minimum atomic E-state index is -0.886. The Bertz CT molecular complexity index is 1690. The summed E-state index contributed by atoms with van der Waals surface area (Å²) in [6, 6.07) is 10.00. The van der Waals surface area contributed by atoms with Gasteiger partial charge in [0, 0.05) is 22.0 Å². The Morgan fingerprint density at radius 2 is 1.94 bits per heavy atom. The van der Waals surface area contributed by atoms with Crippen molar-refractivity contribution in [2.45, 2.75) is 31.0 Å². The average Bonchev–Trinajstić information content (AvgIpc) is 3.19. The molecule has 0 unspecified atom stereocenters. The minimum Gasteiger partial charge on any atom is -0.454 e. The number of H-pyrrole nitrogens is 2. The highest BCUT2D eigenvalue weighted by Gasteiger charge is 2.49. The molecular formula is C24H17Cl2N5O5. The van der Waals surface area contributed by atoms with Crippen molar-refractivity contribution in [3.05, 3.63) is 78.2 Å². The van der Waals surface area contributed by atoms with E-state index in [0.717, 1.165) is 26.8 Å². The largest absolute Gasteiger partial charge is 0.454 e. The molecule has 12 heteroatoms. The van der Waals surface area contributed by atoms with Crippen molar-refractivity contribution in [1.29, 1.82) is 5.26 Å². The molecule has 10 nitrogen and oxygen atoms in total. The van der Waals surface area contributed by atoms with Gasteiger partial charge >= 0.3 is 5.69 Å². The van der Waals surface area contributed by atoms with Crippen LogP contribution < -0.4 is 16.0 Å². The maximum Gasteiger partial charge on any atom is 0.349 e. The lowest BCUT2D eigenvalue weighted by Crippen LogP contribution is -2.50. The molecule has 2 aromatic carbocycles. The molecule has 0 atom stereocenters. The first-order chi connectivity index (χ1) is 17.3. The molecule has 3 N–H and O–H groups in total. The standard InChI is InChI=1S/C24H17Cl2N5O5/c25-15-3-11(31-23(34)29-22(33)18(8-27)30-31)4-16(26)21(15)36-13-1-2-17-14(5-13)20-19(28-17)9-35-10-24(20)6-12(32)7-24/h1-5,12,28,32H,6-7,9-10H2,(H,29,33,34). The number of aliphatic hydroxyl groups is 1. The van der Waals surface area contributed by atoms with Crippen molar-refractivity contribution in [3.8, 4) is 23.3 Å². The average molecular weight is 526 g/mol. The van der Waals surface area contributed by atoms with Crippen molar-refractivity contribution >= 4 is 34.1 Å². The van der Waals surface area contributed by atoms with Gasteiger partial charge < -0.3 is 19.6 Å². The Hall–Kier alpha value is -3.62. The summed E-state index contributed by atoms with van der Waals surface area (Å²) >= 11 is 12.9. The number of benzene rings is 2. The molecule has 0 amide bonds. The van der Waals surface area contributed by atoms with E-state index in [1.165, 1.54) is 12.1 Å². The first-order valence-electron chi connectivity index (χ1n) is 11.0. The summed E-state index contributed by atoms with van der Waals surface area (Å²) < 4.78 is 12.7. The van der Waals surface area contributed by atoms with E-state index in [2.05, 4.69) is 10.1 Å². The molecule has 1 aliphatic heterocycles. The van der Waals surface area contributed by atoms with Gasteiger partial charge in [-0.25, -0.2) is 4.79 Å². The Morgan fingerprint density at radius 3 is 2.64 bits per heavy atom. The predicted molar refractivity (Wildman–Crippen MR) is 130 cm³/mol. The van der Waals surface area contributed by atoms with E-state index in [1.807, 2.05) is 17.1 Å². The van der Waals surface area contributed by atoms with Crippen LogP contribution in [0.3, 0.4) is 0 Å². The molecule has 182 valence electrons. The second kappa shape index (κ2) is 8.21. The van der Waals surface area contributed by atoms with E-state index in [9.17, 15) is 14.7 Å². The lowest BCUT2D eigenvalue weighted by Gasteiger charge is -2.47. The van der Waals surface area contributed by atoms with Crippen LogP contribution in [0.5, 0.6) is 11.5 Å². The Morgan fingerprint density at radius 1 is 1.19 bits per heavy atom. The van der Waals surface area contributed by atoms with Gasteiger partial charge in [-0.2, -0.15) is 9.94 Å². The lowest BCUT2D eigenvalue weighted by molar-refractivity contribution is -0.0519. The fourth-order valence-corrected chi connectivity index (χ4v) is 5.67. The van der Waals surface area contributed by atoms with E-state index in [4.69, 9.17) is 37.9 Å². The molecule has 1 aliphatic carbocycles. The van der Waals surface area contributed by atoms with Crippen LogP contribution in [0.2, 0.25) is 10.0 Å². The number of aromatic nitrogens is 4. The maximum atomic E-state index is 12.2. The van der Waals surface area contributed by atoms with Crippen molar-refractivity contribution in [1.82, 2.24) is 19.7 Å². The summed E-state index contributed by atoms with van der Waals surface area (Å²) in [6.07, 6.45) is 0.944. The molecule has 6 rings (SSSR count). The quantitative estimate of drug-likeness (QED) is 0.371. The molecule has 0 bridgehead atoms. The topological polar surface area (TPSA) is 146 Å². The van der Waals surface area contributed by atoms with E-state index in [1.54, 1.807) is 12.1 Å². The monoisotopic (exact) mass is 525 g/mol. The van der Waals surface area contributed by atoms with Crippen LogP contribution in [-0.2, 0) is 16.8 Å². The summed E-state index contributed by atoms with van der Waals surface area (Å²) in [5.41, 5.74) is 0.788. The second-order valence-electron chi connectivity index (χ2n) is 8.99. The van der Waals surface area contributed by atoms with Gasteiger partial charge in [0.2, 0.25) is 5.69 Å². The van der Waals surface area contributed by atoms with E-state index in [-0.39, 0.29) is 33.0 Å². The molecule has 2 aliphatic rings. The Labute approximate surface area is 212 Å². The molecule has 4 aromatic rings. The molecule has 3 heterocycles. The SMILES string of the molecule is N#Cc1nn(-c2cc(Cl)c(Oc3ccc4[nH]c5c(c4c3)C3(COC5)CC(O)C3)c(Cl)c2)c(=O)[nH]c1=O. The summed E-state index contributed by atoms with van der Waals surface area (Å²) in [4.78, 5) is 29.3. The Kier molecular flexibility index (Phi) is 5.21. The Balaban J connectivity index is 1.38. The normalized spacial score (nSPS) is 20.7. The number of aliphatic hydroxyl groups excluding tert-OH is 1. The van der Waals surface area contributed by atoms with Gasteiger partial charge in [-0.15, -0.1) is 5.10 Å². The van der Waals surface area contributed by atoms with Gasteiger partial charge in [-0.05, 0) is 48.7 Å². The molecule has 0 radical (unpaired) electrons. The van der Waals surface area contributed by atoms with Crippen LogP contribution in [0.15, 0.2) is 39.9 Å². The van der Waals surface area contributed by atoms with Gasteiger partial charge in [0.25, 0.3) is 5.56 Å². The third kappa shape index (κ3) is 3.51. The van der Waals surface area contributed by atoms with E-state index in [0.29, 0.717) is 31.8 Å². The number of ether oxygens (including phenoxy) is 2. The summed E-state index contributed by atoms with van der Waals surface area (Å²) in [6.45, 7) is 1.03. The van der Waals surface area contributed by atoms with Crippen LogP contribution in [0.4, 0.5) is 0 Å². The number of aromatic amines is 2. The number of hydrogen-bond donors (Lipinski definition) is 3. The minimum absolute atomic E-state index is 0.0964. The fraction of sp³-hybridized carbons (Fsp3) is 0.250. The highest BCUT2D eigenvalue weighted by atomic mass is 35.5. The maximum absolute atomic E-state index is 12.2. The van der Waals surface area contributed by atoms with Crippen LogP contribution >= 0.6 is 23.2 Å². The van der Waals surface area contributed by atoms with Crippen LogP contribution in [0.1, 0.15) is 29.8 Å². The van der Waals surface area contributed by atoms with E-state index >= 15 is 0 Å². The zero-order valence-electron chi connectivity index (χ0n) is 18.5. The zero-order valence-corrected chi connectivity index (χ0v) is 20.0. The molecule has 1 spiro atoms. The molecule has 1 fully saturated rings. The summed E-state index contributed by atoms with van der Waals surface area (Å²) in [5, 5.41) is 24.0. The molecule has 2 aromatic heterocycles. The number of nitrogens with zero attached hydrogens (tertiary/aromatic N) is 3. The molecular weight excluding hydrogens is 509 g/mol. The molecule has 1 saturated carbocycles. The fourth-order valence-electron chi connectivity index (χ4n) is 5.12. The second-order valence-corrected chi connectivity index (χ2v) is 9.81. The number of rotatable bonds is 3. The first-order valence-corrected chi connectivity index (χ1v) is 11.8. The number of hydrogen-bond acceptors (Lipinski definition) is 7. The van der Waals surface area contributed by atoms with Crippen molar-refractivity contribution in [2.75, 3.05) is 6.61 Å².